The third kappa shape index (κ3) is 5.79. The van der Waals surface area contributed by atoms with Crippen molar-refractivity contribution in [1.29, 1.82) is 0 Å². The molecule has 3 aromatic heterocycles. The predicted octanol–water partition coefficient (Wildman–Crippen LogP) is 3.56. The van der Waals surface area contributed by atoms with E-state index >= 15 is 0 Å². The molecule has 0 spiro atoms. The van der Waals surface area contributed by atoms with E-state index < -0.39 is 5.97 Å². The number of nitrogens with zero attached hydrogens (tertiary/aromatic N) is 2. The number of carbonyl (C=O) groups is 1. The molecule has 0 bridgehead atoms. The molecule has 7 nitrogen and oxygen atoms in total. The summed E-state index contributed by atoms with van der Waals surface area (Å²) < 4.78 is 0. The predicted molar refractivity (Wildman–Crippen MR) is 121 cm³/mol. The van der Waals surface area contributed by atoms with Crippen molar-refractivity contribution in [2.75, 3.05) is 11.9 Å². The van der Waals surface area contributed by atoms with Gasteiger partial charge in [0.25, 0.3) is 0 Å². The zero-order chi connectivity index (χ0) is 21.6. The molecule has 3 aromatic rings. The van der Waals surface area contributed by atoms with E-state index in [1.165, 1.54) is 11.6 Å². The number of aliphatic carboxylic acids is 1. The van der Waals surface area contributed by atoms with Gasteiger partial charge >= 0.3 is 5.97 Å². The lowest BCUT2D eigenvalue weighted by molar-refractivity contribution is -0.137. The van der Waals surface area contributed by atoms with Crippen molar-refractivity contribution in [2.24, 2.45) is 0 Å². The molecule has 0 radical (unpaired) electrons. The Hall–Kier alpha value is -3.00. The summed E-state index contributed by atoms with van der Waals surface area (Å²) in [5.41, 5.74) is 3.91. The van der Waals surface area contributed by atoms with Crippen LogP contribution in [0, 0.1) is 0 Å². The van der Waals surface area contributed by atoms with Crippen LogP contribution in [0.2, 0.25) is 0 Å². The third-order valence-electron chi connectivity index (χ3n) is 5.53. The molecule has 4 heterocycles. The van der Waals surface area contributed by atoms with E-state index in [1.54, 1.807) is 23.6 Å². The highest BCUT2D eigenvalue weighted by Crippen LogP contribution is 2.25. The lowest BCUT2D eigenvalue weighted by atomic mass is 9.93. The van der Waals surface area contributed by atoms with Gasteiger partial charge in [0, 0.05) is 35.8 Å². The van der Waals surface area contributed by atoms with E-state index in [4.69, 9.17) is 9.97 Å². The Kier molecular flexibility index (Phi) is 6.76. The number of anilines is 1. The first-order valence-electron chi connectivity index (χ1n) is 10.6. The fourth-order valence-corrected chi connectivity index (χ4v) is 4.79. The Balaban J connectivity index is 1.34. The summed E-state index contributed by atoms with van der Waals surface area (Å²) in [5.74, 6) is -0.0535. The number of fused-ring (bicyclic) bond motifs is 1. The number of carboxylic acids is 1. The number of nitrogens with one attached hydrogen (secondary N) is 2. The Labute approximate surface area is 184 Å². The van der Waals surface area contributed by atoms with Gasteiger partial charge in [-0.3, -0.25) is 9.59 Å². The number of carboxylic acid groups (broad SMARTS) is 1. The van der Waals surface area contributed by atoms with Gasteiger partial charge in [0.2, 0.25) is 5.56 Å². The van der Waals surface area contributed by atoms with Crippen LogP contribution < -0.4 is 10.9 Å². The van der Waals surface area contributed by atoms with Crippen molar-refractivity contribution in [2.45, 2.75) is 50.9 Å². The molecule has 0 fully saturated rings. The summed E-state index contributed by atoms with van der Waals surface area (Å²) in [4.78, 5) is 34.7. The molecule has 0 aromatic carbocycles. The first-order chi connectivity index (χ1) is 15.1. The van der Waals surface area contributed by atoms with Crippen molar-refractivity contribution < 1.29 is 9.90 Å². The second kappa shape index (κ2) is 9.87. The maximum absolute atomic E-state index is 11.3. The lowest BCUT2D eigenvalue weighted by Gasteiger charge is -2.17. The van der Waals surface area contributed by atoms with Gasteiger partial charge < -0.3 is 15.4 Å². The lowest BCUT2D eigenvalue weighted by Crippen LogP contribution is -2.14. The normalized spacial score (nSPS) is 13.9. The van der Waals surface area contributed by atoms with Crippen LogP contribution in [-0.4, -0.2) is 32.6 Å². The van der Waals surface area contributed by atoms with Crippen molar-refractivity contribution >= 4 is 23.1 Å². The van der Waals surface area contributed by atoms with Crippen molar-refractivity contribution in [1.82, 2.24) is 15.0 Å². The third-order valence-corrected chi connectivity index (χ3v) is 6.49. The van der Waals surface area contributed by atoms with E-state index in [0.717, 1.165) is 66.4 Å². The van der Waals surface area contributed by atoms with E-state index in [-0.39, 0.29) is 17.9 Å². The zero-order valence-electron chi connectivity index (χ0n) is 17.3. The summed E-state index contributed by atoms with van der Waals surface area (Å²) in [5, 5.41) is 15.7. The van der Waals surface area contributed by atoms with Crippen LogP contribution in [0.4, 0.5) is 5.82 Å². The number of thiazole rings is 1. The highest BCUT2D eigenvalue weighted by molar-refractivity contribution is 7.09. The number of hydrogen-bond donors (Lipinski definition) is 3. The minimum absolute atomic E-state index is 0.00304. The van der Waals surface area contributed by atoms with Crippen LogP contribution in [0.3, 0.4) is 0 Å². The van der Waals surface area contributed by atoms with Gasteiger partial charge in [0.1, 0.15) is 5.82 Å². The summed E-state index contributed by atoms with van der Waals surface area (Å²) in [7, 11) is 0. The molecule has 1 atom stereocenters. The molecule has 162 valence electrons. The Morgan fingerprint density at radius 2 is 2.06 bits per heavy atom. The molecule has 1 aliphatic heterocycles. The van der Waals surface area contributed by atoms with Gasteiger partial charge in [-0.2, -0.15) is 0 Å². The second-order valence-corrected chi connectivity index (χ2v) is 8.85. The summed E-state index contributed by atoms with van der Waals surface area (Å²) in [6, 6.07) is 7.44. The SMILES string of the molecule is O=C(O)CC(Cc1csc(CCCc2ccc3c(n2)NCCC3)n1)c1ccc(=O)[nH]c1. The summed E-state index contributed by atoms with van der Waals surface area (Å²) >= 11 is 1.62. The van der Waals surface area contributed by atoms with Gasteiger partial charge in [0.15, 0.2) is 0 Å². The number of rotatable bonds is 9. The van der Waals surface area contributed by atoms with Crippen LogP contribution in [0.1, 0.15) is 52.7 Å². The Morgan fingerprint density at radius 1 is 1.16 bits per heavy atom. The van der Waals surface area contributed by atoms with E-state index in [1.807, 2.05) is 5.38 Å². The van der Waals surface area contributed by atoms with E-state index in [0.29, 0.717) is 6.42 Å². The zero-order valence-corrected chi connectivity index (χ0v) is 18.1. The summed E-state index contributed by atoms with van der Waals surface area (Å²) in [6.07, 6.45) is 7.14. The maximum Gasteiger partial charge on any atom is 0.303 e. The van der Waals surface area contributed by atoms with Crippen molar-refractivity contribution in [3.05, 3.63) is 73.7 Å². The highest BCUT2D eigenvalue weighted by atomic mass is 32.1. The van der Waals surface area contributed by atoms with Crippen LogP contribution in [0.25, 0.3) is 0 Å². The molecule has 4 rings (SSSR count). The molecule has 1 unspecified atom stereocenters. The molecule has 0 saturated carbocycles. The molecule has 3 N–H and O–H groups in total. The molecule has 8 heteroatoms. The number of H-pyrrole nitrogens is 1. The number of pyridine rings is 2. The van der Waals surface area contributed by atoms with Gasteiger partial charge in [-0.1, -0.05) is 12.1 Å². The standard InChI is InChI=1S/C23H26N4O3S/c28-20-9-7-16(13-25-20)17(12-22(29)30)11-19-14-31-21(26-19)5-1-4-18-8-6-15-3-2-10-24-23(15)27-18/h6-9,13-14,17H,1-5,10-12H2,(H,24,27)(H,25,28)(H,29,30). The minimum Gasteiger partial charge on any atom is -0.481 e. The van der Waals surface area contributed by atoms with Gasteiger partial charge in [-0.05, 0) is 55.7 Å². The molecular weight excluding hydrogens is 412 g/mol. The van der Waals surface area contributed by atoms with Crippen LogP contribution >= 0.6 is 11.3 Å². The van der Waals surface area contributed by atoms with Crippen molar-refractivity contribution in [3.63, 3.8) is 0 Å². The Morgan fingerprint density at radius 3 is 2.87 bits per heavy atom. The molecule has 31 heavy (non-hydrogen) atoms. The summed E-state index contributed by atoms with van der Waals surface area (Å²) in [6.45, 7) is 0.993. The average Bonchev–Trinajstić information content (AvgIpc) is 3.20. The molecule has 1 aliphatic rings. The second-order valence-electron chi connectivity index (χ2n) is 7.91. The van der Waals surface area contributed by atoms with Gasteiger partial charge in [0.05, 0.1) is 17.1 Å². The van der Waals surface area contributed by atoms with Crippen LogP contribution in [-0.2, 0) is 30.5 Å². The largest absolute Gasteiger partial charge is 0.481 e. The fraction of sp³-hybridized carbons (Fsp3) is 0.391. The highest BCUT2D eigenvalue weighted by Gasteiger charge is 2.18. The first-order valence-corrected chi connectivity index (χ1v) is 11.5. The van der Waals surface area contributed by atoms with Crippen LogP contribution in [0.5, 0.6) is 0 Å². The quantitative estimate of drug-likeness (QED) is 0.471. The smallest absolute Gasteiger partial charge is 0.303 e. The molecule has 0 aliphatic carbocycles. The molecular formula is C23H26N4O3S. The first kappa shape index (κ1) is 21.2. The van der Waals surface area contributed by atoms with Gasteiger partial charge in [-0.25, -0.2) is 9.97 Å². The number of aromatic nitrogens is 3. The fourth-order valence-electron chi connectivity index (χ4n) is 3.93. The monoisotopic (exact) mass is 438 g/mol. The Bertz CT molecular complexity index is 1090. The number of hydrogen-bond acceptors (Lipinski definition) is 6. The van der Waals surface area contributed by atoms with Crippen molar-refractivity contribution in [3.8, 4) is 0 Å². The maximum atomic E-state index is 11.3. The molecule has 0 amide bonds. The number of aromatic amines is 1. The molecule has 0 saturated heterocycles. The van der Waals surface area contributed by atoms with Crippen LogP contribution in [0.15, 0.2) is 40.6 Å². The minimum atomic E-state index is -0.862. The van der Waals surface area contributed by atoms with E-state index in [2.05, 4.69) is 22.4 Å². The van der Waals surface area contributed by atoms with Gasteiger partial charge in [-0.15, -0.1) is 11.3 Å². The topological polar surface area (TPSA) is 108 Å². The number of aryl methyl sites for hydroxylation is 3. The van der Waals surface area contributed by atoms with E-state index in [9.17, 15) is 14.7 Å². The average molecular weight is 439 g/mol.